The van der Waals surface area contributed by atoms with Gasteiger partial charge < -0.3 is 0 Å². The van der Waals surface area contributed by atoms with Gasteiger partial charge in [0.2, 0.25) is 0 Å². The van der Waals surface area contributed by atoms with E-state index < -0.39 is 50.0 Å². The Hall–Kier alpha value is -0.630. The van der Waals surface area contributed by atoms with Crippen LogP contribution in [0.5, 0.6) is 0 Å². The first-order valence-corrected chi connectivity index (χ1v) is 15.0. The van der Waals surface area contributed by atoms with Gasteiger partial charge in [-0.25, -0.2) is 0 Å². The Morgan fingerprint density at radius 1 is 0.875 bits per heavy atom. The van der Waals surface area contributed by atoms with E-state index in [1.165, 1.54) is 23.2 Å². The van der Waals surface area contributed by atoms with Crippen LogP contribution in [-0.2, 0) is 4.52 Å². The van der Waals surface area contributed by atoms with Gasteiger partial charge in [0.25, 0.3) is 0 Å². The molecule has 0 N–H and O–H groups in total. The Morgan fingerprint density at radius 3 is 1.59 bits per heavy atom. The summed E-state index contributed by atoms with van der Waals surface area (Å²) in [5, 5.41) is -0.680. The van der Waals surface area contributed by atoms with Gasteiger partial charge in [0, 0.05) is 0 Å². The van der Waals surface area contributed by atoms with Crippen LogP contribution in [0.15, 0.2) is 22.6 Å². The zero-order valence-electron chi connectivity index (χ0n) is 19.8. The van der Waals surface area contributed by atoms with Crippen molar-refractivity contribution < 1.29 is 34.7 Å². The molecule has 192 valence electrons. The molecule has 0 aliphatic carbocycles. The zero-order chi connectivity index (χ0) is 25.1. The van der Waals surface area contributed by atoms with Crippen LogP contribution in [0.4, 0.5) is 30.2 Å². The fourth-order valence-electron chi connectivity index (χ4n) is 4.44. The Bertz CT molecular complexity index is 711. The third-order valence-corrected chi connectivity index (χ3v) is 14.3. The molecule has 0 unspecified atom stereocenters. The first-order chi connectivity index (χ1) is 14.6. The average Bonchev–Trinajstić information content (AvgIpc) is 2.65. The molecule has 0 radical (unpaired) electrons. The molecule has 1 aliphatic rings. The third-order valence-electron chi connectivity index (χ3n) is 5.66. The van der Waals surface area contributed by atoms with Crippen molar-refractivity contribution >= 4 is 15.3 Å². The summed E-state index contributed by atoms with van der Waals surface area (Å²) >= 11 is 0. The van der Waals surface area contributed by atoms with Crippen molar-refractivity contribution in [1.29, 1.82) is 0 Å². The molecule has 0 saturated carbocycles. The molecule has 1 aliphatic heterocycles. The molecule has 1 rings (SSSR count). The SMILES string of the molecule is CCN(CC)/C(F)=C(\C1=C(C)O[PH-](F)(F)(F)C[P+]1(N(CC)CC)N(CC)CC)C(F)(F)F. The quantitative estimate of drug-likeness (QED) is 0.168. The van der Waals surface area contributed by atoms with E-state index >= 15 is 4.39 Å². The second-order valence-electron chi connectivity index (χ2n) is 7.50. The fraction of sp³-hybridized carbons (Fsp3) is 0.789. The molecule has 0 bridgehead atoms. The van der Waals surface area contributed by atoms with Gasteiger partial charge >= 0.3 is 187 Å². The molecule has 0 saturated heterocycles. The number of alkyl halides is 3. The molecule has 0 aromatic rings. The van der Waals surface area contributed by atoms with Crippen molar-refractivity contribution in [3.8, 4) is 0 Å². The number of hydrogen-bond donors (Lipinski definition) is 0. The van der Waals surface area contributed by atoms with Crippen LogP contribution in [0.2, 0.25) is 0 Å². The predicted molar refractivity (Wildman–Crippen MR) is 120 cm³/mol. The van der Waals surface area contributed by atoms with E-state index in [4.69, 9.17) is 0 Å². The van der Waals surface area contributed by atoms with Gasteiger partial charge in [-0.15, -0.1) is 0 Å². The van der Waals surface area contributed by atoms with Crippen LogP contribution in [0.25, 0.3) is 0 Å². The summed E-state index contributed by atoms with van der Waals surface area (Å²) in [7, 11) is -11.5. The fourth-order valence-corrected chi connectivity index (χ4v) is 14.3. The van der Waals surface area contributed by atoms with Crippen LogP contribution in [0.1, 0.15) is 48.5 Å². The van der Waals surface area contributed by atoms with E-state index in [1.807, 2.05) is 0 Å². The minimum absolute atomic E-state index is 0.0622. The molecule has 0 spiro atoms. The third kappa shape index (κ3) is 5.70. The van der Waals surface area contributed by atoms with Crippen LogP contribution >= 0.6 is 15.3 Å². The maximum atomic E-state index is 15.5. The molecule has 13 heteroatoms. The van der Waals surface area contributed by atoms with Crippen molar-refractivity contribution in [2.24, 2.45) is 0 Å². The normalized spacial score (nSPS) is 22.3. The Morgan fingerprint density at radius 2 is 1.28 bits per heavy atom. The van der Waals surface area contributed by atoms with E-state index in [0.717, 1.165) is 11.8 Å². The second kappa shape index (κ2) is 10.3. The molecule has 32 heavy (non-hydrogen) atoms. The summed E-state index contributed by atoms with van der Waals surface area (Å²) in [5.74, 6) is -3.93. The van der Waals surface area contributed by atoms with Crippen LogP contribution in [-0.4, -0.2) is 65.6 Å². The standard InChI is InChI=1S/C19H36F7N3OP2/c1-8-27(9-2)18(20)16(19(21,22)23)17-15(7)30-32(24,25,26)14-31(17,28(10-3)11-4)29(12-5)13-6/h32H,8-14H2,1-7H3/b18-16+. The maximum absolute atomic E-state index is 15.5. The minimum atomic E-state index is -7.60. The number of hydrogen-bond acceptors (Lipinski definition) is 4. The van der Waals surface area contributed by atoms with E-state index in [9.17, 15) is 25.8 Å². The van der Waals surface area contributed by atoms with E-state index in [2.05, 4.69) is 4.52 Å². The van der Waals surface area contributed by atoms with Gasteiger partial charge in [-0.2, -0.15) is 0 Å². The van der Waals surface area contributed by atoms with Crippen molar-refractivity contribution in [1.82, 2.24) is 14.2 Å². The van der Waals surface area contributed by atoms with Crippen molar-refractivity contribution in [3.63, 3.8) is 0 Å². The van der Waals surface area contributed by atoms with E-state index in [1.54, 1.807) is 27.7 Å². The molecule has 0 fully saturated rings. The van der Waals surface area contributed by atoms with Crippen LogP contribution in [0.3, 0.4) is 0 Å². The average molecular weight is 517 g/mol. The van der Waals surface area contributed by atoms with Crippen LogP contribution < -0.4 is 0 Å². The van der Waals surface area contributed by atoms with Gasteiger partial charge in [0.1, 0.15) is 0 Å². The summed E-state index contributed by atoms with van der Waals surface area (Å²) in [4.78, 5) is 0.874. The topological polar surface area (TPSA) is 19.0 Å². The molecule has 4 nitrogen and oxygen atoms in total. The van der Waals surface area contributed by atoms with Gasteiger partial charge in [-0.1, -0.05) is 0 Å². The van der Waals surface area contributed by atoms with E-state index in [0.29, 0.717) is 0 Å². The summed E-state index contributed by atoms with van der Waals surface area (Å²) in [6.45, 7) is 10.6. The molecule has 0 amide bonds. The van der Waals surface area contributed by atoms with Gasteiger partial charge in [0.05, 0.1) is 0 Å². The zero-order valence-corrected chi connectivity index (χ0v) is 21.7. The Labute approximate surface area is 187 Å². The summed E-state index contributed by atoms with van der Waals surface area (Å²) in [6, 6.07) is 0. The number of halogens is 7. The predicted octanol–water partition coefficient (Wildman–Crippen LogP) is 7.68. The number of allylic oxidation sites excluding steroid dienone is 3. The van der Waals surface area contributed by atoms with Crippen molar-refractivity contribution in [3.05, 3.63) is 22.6 Å². The molecule has 1 heterocycles. The van der Waals surface area contributed by atoms with Crippen molar-refractivity contribution in [2.75, 3.05) is 45.2 Å². The number of nitrogens with zero attached hydrogens (tertiary/aromatic N) is 3. The molecular weight excluding hydrogens is 481 g/mol. The van der Waals surface area contributed by atoms with Crippen LogP contribution in [0, 0.1) is 0 Å². The van der Waals surface area contributed by atoms with E-state index in [-0.39, 0.29) is 39.3 Å². The van der Waals surface area contributed by atoms with Crippen molar-refractivity contribution in [2.45, 2.75) is 54.6 Å². The first kappa shape index (κ1) is 29.4. The van der Waals surface area contributed by atoms with Gasteiger partial charge in [0.15, 0.2) is 0 Å². The van der Waals surface area contributed by atoms with Gasteiger partial charge in [-0.3, -0.25) is 0 Å². The Kier molecular flexibility index (Phi) is 9.49. The summed E-state index contributed by atoms with van der Waals surface area (Å²) < 4.78 is 111. The first-order valence-electron chi connectivity index (χ1n) is 10.9. The molecule has 0 aromatic carbocycles. The second-order valence-corrected chi connectivity index (χ2v) is 14.0. The summed E-state index contributed by atoms with van der Waals surface area (Å²) in [5.41, 5.74) is -1.65. The number of rotatable bonds is 10. The molecule has 0 aromatic heterocycles. The Balaban J connectivity index is 4.28. The monoisotopic (exact) mass is 517 g/mol. The summed E-state index contributed by atoms with van der Waals surface area (Å²) in [6.07, 6.45) is -5.21. The molecule has 0 atom stereocenters. The molecular formula is C19H36F7N3OP2. The van der Waals surface area contributed by atoms with Gasteiger partial charge in [-0.05, 0) is 0 Å².